The van der Waals surface area contributed by atoms with Crippen LogP contribution in [0.15, 0.2) is 87.2 Å². The number of nitrogens with zero attached hydrogens (tertiary/aromatic N) is 15. The van der Waals surface area contributed by atoms with Gasteiger partial charge in [-0.3, -0.25) is 61.6 Å². The predicted molar refractivity (Wildman–Crippen MR) is 264 cm³/mol. The van der Waals surface area contributed by atoms with Crippen LogP contribution < -0.4 is 33.1 Å². The Morgan fingerprint density at radius 1 is 0.550 bits per heavy atom. The minimum Gasteiger partial charge on any atom is -0.312 e. The maximum absolute atomic E-state index is 13.2. The third-order valence-corrected chi connectivity index (χ3v) is 11.6. The number of rotatable bonds is 16. The summed E-state index contributed by atoms with van der Waals surface area (Å²) in [5, 5.41) is 5.07. The van der Waals surface area contributed by atoms with E-state index in [0.717, 1.165) is 33.9 Å². The maximum Gasteiger partial charge on any atom is 0.451 e. The van der Waals surface area contributed by atoms with E-state index in [2.05, 4.69) is 55.5 Å². The van der Waals surface area contributed by atoms with Crippen LogP contribution in [0.2, 0.25) is 0 Å². The number of hydrogen-bond donors (Lipinski definition) is 2. The number of amides is 2. The lowest BCUT2D eigenvalue weighted by molar-refractivity contribution is -0.145. The molecule has 0 bridgehead atoms. The molecule has 0 saturated carbocycles. The molecule has 8 aromatic heterocycles. The van der Waals surface area contributed by atoms with Gasteiger partial charge in [-0.25, -0.2) is 49.5 Å². The number of pyridine rings is 1. The van der Waals surface area contributed by atoms with Gasteiger partial charge in [0.15, 0.2) is 39.7 Å². The Balaban J connectivity index is 0.000000231. The van der Waals surface area contributed by atoms with Crippen molar-refractivity contribution in [3.63, 3.8) is 0 Å². The molecule has 0 spiro atoms. The Morgan fingerprint density at radius 2 is 0.950 bits per heavy atom. The first-order valence-electron chi connectivity index (χ1n) is 23.1. The first-order valence-corrected chi connectivity index (χ1v) is 23.1. The molecule has 0 fully saturated rings. The van der Waals surface area contributed by atoms with E-state index in [9.17, 15) is 74.3 Å². The molecule has 80 heavy (non-hydrogen) atoms. The van der Waals surface area contributed by atoms with Gasteiger partial charge < -0.3 is 19.8 Å². The summed E-state index contributed by atoms with van der Waals surface area (Å²) in [4.78, 5) is 158. The molecule has 0 radical (unpaired) electrons. The van der Waals surface area contributed by atoms with Crippen molar-refractivity contribution in [1.29, 1.82) is 0 Å². The lowest BCUT2D eigenvalue weighted by Gasteiger charge is -2.15. The summed E-state index contributed by atoms with van der Waals surface area (Å²) in [6, 6.07) is 2.31. The van der Waals surface area contributed by atoms with Gasteiger partial charge in [0.1, 0.15) is 29.5 Å². The Bertz CT molecular complexity index is 3770. The van der Waals surface area contributed by atoms with Crippen molar-refractivity contribution in [2.75, 3.05) is 10.6 Å². The molecule has 416 valence electrons. The molecule has 0 aliphatic heterocycles. The second kappa shape index (κ2) is 22.8. The highest BCUT2D eigenvalue weighted by molar-refractivity contribution is 5.99. The van der Waals surface area contributed by atoms with Crippen molar-refractivity contribution in [3.05, 3.63) is 121 Å². The summed E-state index contributed by atoms with van der Waals surface area (Å²) in [7, 11) is 2.68. The molecule has 2 N–H and O–H groups in total. The van der Waals surface area contributed by atoms with Gasteiger partial charge in [0.2, 0.25) is 23.5 Å². The number of hydrogen-bond acceptors (Lipinski definition) is 19. The van der Waals surface area contributed by atoms with Crippen LogP contribution in [0.4, 0.5) is 38.0 Å². The Morgan fingerprint density at radius 3 is 1.36 bits per heavy atom. The van der Waals surface area contributed by atoms with Crippen LogP contribution >= 0.6 is 0 Å². The molecule has 0 saturated heterocycles. The summed E-state index contributed by atoms with van der Waals surface area (Å²) in [6.45, 7) is 4.04. The fourth-order valence-corrected chi connectivity index (χ4v) is 7.62. The number of imidazole rings is 2. The van der Waals surface area contributed by atoms with E-state index in [1.165, 1.54) is 94.2 Å². The number of Topliss-reactive ketones (excluding diaryl/α,β-unsaturated/α-hetero) is 4. The summed E-state index contributed by atoms with van der Waals surface area (Å²) in [5.74, 6) is -6.07. The molecular formula is C47H41F6N17O10. The summed E-state index contributed by atoms with van der Waals surface area (Å²) in [6.07, 6.45) is -1.75. The number of alkyl halides is 6. The van der Waals surface area contributed by atoms with Crippen molar-refractivity contribution < 1.29 is 55.1 Å². The van der Waals surface area contributed by atoms with E-state index in [0.29, 0.717) is 9.13 Å². The molecule has 8 rings (SSSR count). The second-order valence-electron chi connectivity index (χ2n) is 17.6. The van der Waals surface area contributed by atoms with Crippen LogP contribution in [0.25, 0.3) is 44.8 Å². The number of fused-ring (bicyclic) bond motifs is 2. The SMILES string of the molecule is CC(=O)CC(=O)Cn1c(=O)c2c(ncn2[C@@H](C)C(=O)Nc2cccc(-c3cnc(C(F)(F)F)nc3)n2)n(C)c1=O.CC(=O)CC(=O)Cn1c(=O)c2c(ncn2[C@@H](C)C(=O)Nc2cncc(-c3cnc(C(F)(F)F)nc3)n2)n(C)c1=O. The standard InChI is InChI=1S/C24H21F3N8O5.C23H20F3N9O5/c1-12(36)7-15(37)10-34-21(39)18-19(33(3)23(34)40)30-11-35(18)13(2)20(38)32-17-6-4-5-16(31-17)14-8-28-22(29-9-14)24(25,26)27;1-11(36)4-14(37)9-34-20(39)17-18(33(3)22(34)40)30-10-35(17)12(2)19(38)32-16-8-27-7-15(31-16)13-5-28-21(29-6-13)23(24,25)26/h4-6,8-9,11,13H,7,10H2,1-3H3,(H,31,32,38);5-8,10,12H,4,9H2,1-3H3,(H,31,32,38)/t13-;12-/m00/s1. The van der Waals surface area contributed by atoms with Gasteiger partial charge in [-0.05, 0) is 39.8 Å². The van der Waals surface area contributed by atoms with Crippen LogP contribution in [-0.4, -0.2) is 107 Å². The summed E-state index contributed by atoms with van der Waals surface area (Å²) >= 11 is 0. The zero-order chi connectivity index (χ0) is 58.7. The average Bonchev–Trinajstić information content (AvgIpc) is 4.06. The summed E-state index contributed by atoms with van der Waals surface area (Å²) in [5.41, 5.74) is -3.12. The van der Waals surface area contributed by atoms with Crippen LogP contribution in [0.1, 0.15) is 64.3 Å². The van der Waals surface area contributed by atoms with E-state index in [-0.39, 0.29) is 56.5 Å². The van der Waals surface area contributed by atoms with Crippen molar-refractivity contribution in [2.24, 2.45) is 14.1 Å². The number of anilines is 2. The number of nitrogens with one attached hydrogen (secondary N) is 2. The number of aryl methyl sites for hydroxylation is 2. The van der Waals surface area contributed by atoms with Crippen LogP contribution in [0, 0.1) is 0 Å². The molecule has 0 aliphatic carbocycles. The monoisotopic (exact) mass is 1120 g/mol. The van der Waals surface area contributed by atoms with Gasteiger partial charge in [-0.15, -0.1) is 0 Å². The van der Waals surface area contributed by atoms with Crippen molar-refractivity contribution in [1.82, 2.24) is 72.3 Å². The largest absolute Gasteiger partial charge is 0.451 e. The third kappa shape index (κ3) is 12.5. The molecule has 0 aromatic carbocycles. The average molecular weight is 1120 g/mol. The molecule has 27 nitrogen and oxygen atoms in total. The number of aromatic nitrogens is 15. The Kier molecular flexibility index (Phi) is 16.4. The van der Waals surface area contributed by atoms with E-state index in [1.54, 1.807) is 0 Å². The fourth-order valence-electron chi connectivity index (χ4n) is 7.62. The van der Waals surface area contributed by atoms with Crippen LogP contribution in [0.5, 0.6) is 0 Å². The lowest BCUT2D eigenvalue weighted by Crippen LogP contribution is -2.42. The minimum atomic E-state index is -4.72. The second-order valence-corrected chi connectivity index (χ2v) is 17.6. The number of carbonyl (C=O) groups is 6. The number of halogens is 6. The van der Waals surface area contributed by atoms with Crippen LogP contribution in [0.3, 0.4) is 0 Å². The van der Waals surface area contributed by atoms with Crippen molar-refractivity contribution in [3.8, 4) is 22.5 Å². The molecule has 0 aliphatic rings. The highest BCUT2D eigenvalue weighted by Gasteiger charge is 2.35. The molecule has 8 aromatic rings. The van der Waals surface area contributed by atoms with E-state index < -0.39 is 119 Å². The first kappa shape index (κ1) is 57.6. The Labute approximate surface area is 442 Å². The molecule has 33 heteroatoms. The summed E-state index contributed by atoms with van der Waals surface area (Å²) < 4.78 is 82.3. The van der Waals surface area contributed by atoms with Gasteiger partial charge in [-0.1, -0.05) is 6.07 Å². The van der Waals surface area contributed by atoms with Gasteiger partial charge in [-0.2, -0.15) is 26.3 Å². The molecule has 2 amide bonds. The highest BCUT2D eigenvalue weighted by Crippen LogP contribution is 2.28. The zero-order valence-electron chi connectivity index (χ0n) is 42.4. The van der Waals surface area contributed by atoms with Crippen molar-refractivity contribution in [2.45, 2.75) is 78.1 Å². The predicted octanol–water partition coefficient (Wildman–Crippen LogP) is 2.43. The molecule has 2 atom stereocenters. The topological polar surface area (TPSA) is 340 Å². The van der Waals surface area contributed by atoms with Crippen LogP contribution in [-0.2, 0) is 68.3 Å². The van der Waals surface area contributed by atoms with E-state index >= 15 is 0 Å². The van der Waals surface area contributed by atoms with Gasteiger partial charge in [0.25, 0.3) is 11.1 Å². The van der Waals surface area contributed by atoms with Crippen molar-refractivity contribution >= 4 is 68.9 Å². The van der Waals surface area contributed by atoms with E-state index in [1.807, 2.05) is 0 Å². The fraction of sp³-hybridized carbons (Fsp3) is 0.298. The van der Waals surface area contributed by atoms with Gasteiger partial charge in [0, 0.05) is 50.0 Å². The minimum absolute atomic E-state index is 0.0210. The van der Waals surface area contributed by atoms with Gasteiger partial charge in [0.05, 0.1) is 62.4 Å². The zero-order valence-corrected chi connectivity index (χ0v) is 42.4. The number of ketones is 4. The van der Waals surface area contributed by atoms with E-state index in [4.69, 9.17) is 0 Å². The normalized spacial score (nSPS) is 12.3. The highest BCUT2D eigenvalue weighted by atomic mass is 19.4. The van der Waals surface area contributed by atoms with Gasteiger partial charge >= 0.3 is 23.7 Å². The molecule has 0 unspecified atom stereocenters. The first-order chi connectivity index (χ1) is 37.5. The lowest BCUT2D eigenvalue weighted by atomic mass is 10.2. The molecule has 8 heterocycles. The smallest absolute Gasteiger partial charge is 0.312 e. The Hall–Kier alpha value is -10.1. The molecular weight excluding hydrogens is 1080 g/mol. The number of carbonyl (C=O) groups excluding carboxylic acids is 6. The maximum atomic E-state index is 13.2. The third-order valence-electron chi connectivity index (χ3n) is 11.6. The quantitative estimate of drug-likeness (QED) is 0.104.